The molecule has 6 heteroatoms. The van der Waals surface area contributed by atoms with Crippen molar-refractivity contribution in [2.24, 2.45) is 0 Å². The van der Waals surface area contributed by atoms with Gasteiger partial charge in [0.25, 0.3) is 5.69 Å². The number of nitrogens with zero attached hydrogens (tertiary/aromatic N) is 1. The third-order valence-electron chi connectivity index (χ3n) is 4.15. The minimum atomic E-state index is -0.407. The zero-order valence-electron chi connectivity index (χ0n) is 16.1. The average Bonchev–Trinajstić information content (AvgIpc) is 2.70. The van der Waals surface area contributed by atoms with E-state index in [0.717, 1.165) is 42.6 Å². The van der Waals surface area contributed by atoms with Gasteiger partial charge in [0.05, 0.1) is 18.1 Å². The maximum absolute atomic E-state index is 11.2. The van der Waals surface area contributed by atoms with Crippen LogP contribution in [0.1, 0.15) is 32.6 Å². The molecular weight excluding hydrogens is 358 g/mol. The zero-order valence-corrected chi connectivity index (χ0v) is 16.1. The zero-order chi connectivity index (χ0) is 20.4. The minimum Gasteiger partial charge on any atom is -0.494 e. The van der Waals surface area contributed by atoms with E-state index in [1.165, 1.54) is 12.1 Å². The topological polar surface area (TPSA) is 78.7 Å². The first-order valence-electron chi connectivity index (χ1n) is 9.27. The Hall–Kier alpha value is -3.15. The molecule has 0 spiro atoms. The predicted octanol–water partition coefficient (Wildman–Crippen LogP) is 5.32. The summed E-state index contributed by atoms with van der Waals surface area (Å²) in [6, 6.07) is 14.1. The largest absolute Gasteiger partial charge is 0.494 e. The molecule has 0 saturated carbocycles. The van der Waals surface area contributed by atoms with Gasteiger partial charge in [0.1, 0.15) is 5.75 Å². The van der Waals surface area contributed by atoms with Gasteiger partial charge in [-0.2, -0.15) is 0 Å². The van der Waals surface area contributed by atoms with Gasteiger partial charge in [0.15, 0.2) is 0 Å². The molecule has 0 atom stereocenters. The molecule has 2 aromatic carbocycles. The summed E-state index contributed by atoms with van der Waals surface area (Å²) in [6.45, 7) is 6.23. The van der Waals surface area contributed by atoms with Crippen molar-refractivity contribution < 1.29 is 19.2 Å². The second kappa shape index (κ2) is 10.9. The van der Waals surface area contributed by atoms with Crippen molar-refractivity contribution in [1.82, 2.24) is 0 Å². The van der Waals surface area contributed by atoms with Gasteiger partial charge < -0.3 is 9.47 Å². The van der Waals surface area contributed by atoms with E-state index in [0.29, 0.717) is 18.8 Å². The van der Waals surface area contributed by atoms with Gasteiger partial charge in [0.2, 0.25) is 0 Å². The number of rotatable bonds is 11. The Balaban J connectivity index is 1.65. The van der Waals surface area contributed by atoms with Gasteiger partial charge in [-0.15, -0.1) is 0 Å². The van der Waals surface area contributed by atoms with Crippen LogP contribution in [0.2, 0.25) is 0 Å². The maximum atomic E-state index is 11.2. The molecule has 0 saturated heterocycles. The van der Waals surface area contributed by atoms with Gasteiger partial charge in [-0.25, -0.2) is 4.79 Å². The van der Waals surface area contributed by atoms with Crippen LogP contribution in [0.5, 0.6) is 5.75 Å². The van der Waals surface area contributed by atoms with Gasteiger partial charge in [-0.05, 0) is 68.0 Å². The molecule has 0 aliphatic heterocycles. The molecular formula is C22H25NO5. The van der Waals surface area contributed by atoms with Crippen LogP contribution in [0, 0.1) is 10.1 Å². The highest BCUT2D eigenvalue weighted by Gasteiger charge is 2.05. The van der Waals surface area contributed by atoms with Gasteiger partial charge in [0, 0.05) is 17.7 Å². The van der Waals surface area contributed by atoms with E-state index >= 15 is 0 Å². The van der Waals surface area contributed by atoms with Gasteiger partial charge in [-0.1, -0.05) is 18.7 Å². The fourth-order valence-corrected chi connectivity index (χ4v) is 2.55. The van der Waals surface area contributed by atoms with Crippen molar-refractivity contribution in [2.75, 3.05) is 13.2 Å². The summed E-state index contributed by atoms with van der Waals surface area (Å²) in [4.78, 5) is 21.5. The number of unbranched alkanes of at least 4 members (excludes halogenated alkanes) is 3. The summed E-state index contributed by atoms with van der Waals surface area (Å²) >= 11 is 0. The van der Waals surface area contributed by atoms with Crippen LogP contribution in [0.3, 0.4) is 0 Å². The maximum Gasteiger partial charge on any atom is 0.333 e. The molecule has 6 nitrogen and oxygen atoms in total. The third-order valence-corrected chi connectivity index (χ3v) is 4.15. The molecule has 0 aliphatic carbocycles. The molecule has 2 aromatic rings. The van der Waals surface area contributed by atoms with E-state index < -0.39 is 4.92 Å². The quantitative estimate of drug-likeness (QED) is 0.172. The van der Waals surface area contributed by atoms with Crippen LogP contribution in [-0.4, -0.2) is 24.1 Å². The second-order valence-electron chi connectivity index (χ2n) is 6.51. The molecule has 2 rings (SSSR count). The second-order valence-corrected chi connectivity index (χ2v) is 6.51. The number of nitro benzene ring substituents is 1. The van der Waals surface area contributed by atoms with Crippen LogP contribution in [-0.2, 0) is 9.53 Å². The number of non-ortho nitro benzene ring substituents is 1. The number of benzene rings is 2. The summed E-state index contributed by atoms with van der Waals surface area (Å²) in [5, 5.41) is 10.7. The highest BCUT2D eigenvalue weighted by atomic mass is 16.6. The molecule has 28 heavy (non-hydrogen) atoms. The van der Waals surface area contributed by atoms with Crippen molar-refractivity contribution >= 4 is 11.7 Å². The summed E-state index contributed by atoms with van der Waals surface area (Å²) in [6.07, 6.45) is 3.75. The number of carbonyl (C=O) groups is 1. The van der Waals surface area contributed by atoms with E-state index in [1.54, 1.807) is 19.1 Å². The number of hydrogen-bond acceptors (Lipinski definition) is 5. The lowest BCUT2D eigenvalue weighted by Gasteiger charge is -2.08. The van der Waals surface area contributed by atoms with E-state index in [2.05, 4.69) is 6.58 Å². The lowest BCUT2D eigenvalue weighted by molar-refractivity contribution is -0.384. The van der Waals surface area contributed by atoms with Crippen molar-refractivity contribution in [3.63, 3.8) is 0 Å². The molecule has 0 N–H and O–H groups in total. The highest BCUT2D eigenvalue weighted by Crippen LogP contribution is 2.24. The van der Waals surface area contributed by atoms with E-state index in [4.69, 9.17) is 9.47 Å². The Morgan fingerprint density at radius 3 is 2.00 bits per heavy atom. The summed E-state index contributed by atoms with van der Waals surface area (Å²) in [5.74, 6) is 0.460. The van der Waals surface area contributed by atoms with Crippen molar-refractivity contribution in [1.29, 1.82) is 0 Å². The van der Waals surface area contributed by atoms with E-state index in [1.807, 2.05) is 24.3 Å². The molecule has 0 aliphatic rings. The Morgan fingerprint density at radius 1 is 0.929 bits per heavy atom. The molecule has 0 amide bonds. The average molecular weight is 383 g/mol. The minimum absolute atomic E-state index is 0.0812. The van der Waals surface area contributed by atoms with Crippen LogP contribution in [0.4, 0.5) is 5.69 Å². The van der Waals surface area contributed by atoms with Crippen molar-refractivity contribution in [2.45, 2.75) is 32.6 Å². The first kappa shape index (κ1) is 21.2. The standard InChI is InChI=1S/C22H25NO5/c1-17(2)22(24)28-16-6-4-3-5-15-27-21-13-9-19(10-14-21)18-7-11-20(12-8-18)23(25)26/h7-14H,1,3-6,15-16H2,2H3. The Morgan fingerprint density at radius 2 is 1.46 bits per heavy atom. The van der Waals surface area contributed by atoms with Crippen LogP contribution in [0.15, 0.2) is 60.7 Å². The Kier molecular flexibility index (Phi) is 8.21. The van der Waals surface area contributed by atoms with Crippen LogP contribution in [0.25, 0.3) is 11.1 Å². The molecule has 0 heterocycles. The molecule has 0 bridgehead atoms. The van der Waals surface area contributed by atoms with E-state index in [-0.39, 0.29) is 11.7 Å². The highest BCUT2D eigenvalue weighted by molar-refractivity contribution is 5.86. The number of ether oxygens (including phenoxy) is 2. The third kappa shape index (κ3) is 6.87. The predicted molar refractivity (Wildman–Crippen MR) is 108 cm³/mol. The summed E-state index contributed by atoms with van der Waals surface area (Å²) < 4.78 is 10.8. The Bertz CT molecular complexity index is 797. The molecule has 0 aromatic heterocycles. The van der Waals surface area contributed by atoms with Crippen LogP contribution < -0.4 is 4.74 Å². The normalized spacial score (nSPS) is 10.3. The number of carbonyl (C=O) groups excluding carboxylic acids is 1. The fraction of sp³-hybridized carbons (Fsp3) is 0.318. The van der Waals surface area contributed by atoms with Gasteiger partial charge in [-0.3, -0.25) is 10.1 Å². The smallest absolute Gasteiger partial charge is 0.333 e. The first-order chi connectivity index (χ1) is 13.5. The molecule has 148 valence electrons. The van der Waals surface area contributed by atoms with E-state index in [9.17, 15) is 14.9 Å². The summed E-state index contributed by atoms with van der Waals surface area (Å²) in [5.41, 5.74) is 2.40. The van der Waals surface area contributed by atoms with Crippen molar-refractivity contribution in [3.8, 4) is 16.9 Å². The van der Waals surface area contributed by atoms with Gasteiger partial charge >= 0.3 is 5.97 Å². The lowest BCUT2D eigenvalue weighted by Crippen LogP contribution is -2.06. The number of hydrogen-bond donors (Lipinski definition) is 0. The number of esters is 1. The molecule has 0 unspecified atom stereocenters. The SMILES string of the molecule is C=C(C)C(=O)OCCCCCCOc1ccc(-c2ccc([N+](=O)[O-])cc2)cc1. The fourth-order valence-electron chi connectivity index (χ4n) is 2.55. The first-order valence-corrected chi connectivity index (χ1v) is 9.27. The van der Waals surface area contributed by atoms with Crippen LogP contribution >= 0.6 is 0 Å². The van der Waals surface area contributed by atoms with Crippen molar-refractivity contribution in [3.05, 3.63) is 70.8 Å². The molecule has 0 radical (unpaired) electrons. The summed E-state index contributed by atoms with van der Waals surface area (Å²) in [7, 11) is 0. The number of nitro groups is 1. The molecule has 0 fully saturated rings. The lowest BCUT2D eigenvalue weighted by atomic mass is 10.1. The Labute approximate surface area is 164 Å². The monoisotopic (exact) mass is 383 g/mol.